The molecule has 8 heteroatoms. The van der Waals surface area contributed by atoms with Crippen molar-refractivity contribution < 1.29 is 14.3 Å². The molecule has 2 aromatic heterocycles. The topological polar surface area (TPSA) is 87.7 Å². The van der Waals surface area contributed by atoms with Crippen LogP contribution in [0.4, 0.5) is 23.0 Å². The summed E-state index contributed by atoms with van der Waals surface area (Å²) in [6.45, 7) is 6.50. The summed E-state index contributed by atoms with van der Waals surface area (Å²) in [5.41, 5.74) is 3.89. The number of rotatable bonds is 6. The van der Waals surface area contributed by atoms with Gasteiger partial charge in [-0.1, -0.05) is 0 Å². The van der Waals surface area contributed by atoms with Crippen LogP contribution in [-0.2, 0) is 11.2 Å². The number of amides is 2. The first-order chi connectivity index (χ1) is 15.9. The van der Waals surface area contributed by atoms with Crippen LogP contribution in [0.5, 0.6) is 5.75 Å². The molecule has 1 aliphatic heterocycles. The van der Waals surface area contributed by atoms with Gasteiger partial charge in [-0.05, 0) is 61.4 Å². The first kappa shape index (κ1) is 22.3. The van der Waals surface area contributed by atoms with Gasteiger partial charge in [0.2, 0.25) is 5.91 Å². The number of nitrogens with one attached hydrogen (secondary N) is 1. The fourth-order valence-corrected chi connectivity index (χ4v) is 3.93. The number of fused-ring (bicyclic) bond motifs is 2. The molecule has 1 aromatic carbocycles. The van der Waals surface area contributed by atoms with E-state index < -0.39 is 0 Å². The van der Waals surface area contributed by atoms with Gasteiger partial charge in [0.05, 0.1) is 17.9 Å². The van der Waals surface area contributed by atoms with Gasteiger partial charge in [-0.3, -0.25) is 9.59 Å². The number of ether oxygens (including phenoxy) is 1. The van der Waals surface area contributed by atoms with Crippen LogP contribution in [0.2, 0.25) is 0 Å². The molecule has 0 saturated heterocycles. The lowest BCUT2D eigenvalue weighted by atomic mass is 10.1. The molecule has 0 atom stereocenters. The minimum absolute atomic E-state index is 0.112. The number of pyridine rings is 2. The molecule has 0 spiro atoms. The van der Waals surface area contributed by atoms with Crippen molar-refractivity contribution in [2.75, 3.05) is 35.3 Å². The lowest BCUT2D eigenvalue weighted by molar-refractivity contribution is -0.114. The van der Waals surface area contributed by atoms with E-state index in [1.54, 1.807) is 24.3 Å². The number of carbonyl (C=O) groups excluding carboxylic acids is 2. The van der Waals surface area contributed by atoms with Crippen molar-refractivity contribution in [3.63, 3.8) is 0 Å². The highest BCUT2D eigenvalue weighted by molar-refractivity contribution is 6.12. The van der Waals surface area contributed by atoms with Crippen molar-refractivity contribution in [3.05, 3.63) is 65.5 Å². The summed E-state index contributed by atoms with van der Waals surface area (Å²) in [6, 6.07) is 11.1. The molecule has 1 aliphatic rings. The molecule has 4 rings (SSSR count). The molecule has 0 fully saturated rings. The zero-order valence-corrected chi connectivity index (χ0v) is 19.3. The van der Waals surface area contributed by atoms with E-state index >= 15 is 0 Å². The first-order valence-corrected chi connectivity index (χ1v) is 10.9. The molecule has 33 heavy (non-hydrogen) atoms. The highest BCUT2D eigenvalue weighted by atomic mass is 16.5. The van der Waals surface area contributed by atoms with Gasteiger partial charge in [0, 0.05) is 45.0 Å². The Morgan fingerprint density at radius 2 is 1.97 bits per heavy atom. The molecule has 2 amide bonds. The summed E-state index contributed by atoms with van der Waals surface area (Å²) in [6.07, 6.45) is 4.11. The number of aromatic nitrogens is 2. The summed E-state index contributed by atoms with van der Waals surface area (Å²) in [5, 5.41) is 2.76. The number of carbonyl (C=O) groups is 2. The number of hydrogen-bond acceptors (Lipinski definition) is 6. The smallest absolute Gasteiger partial charge is 0.261 e. The Kier molecular flexibility index (Phi) is 6.26. The number of benzene rings is 1. The van der Waals surface area contributed by atoms with Gasteiger partial charge in [-0.15, -0.1) is 0 Å². The molecule has 8 nitrogen and oxygen atoms in total. The maximum Gasteiger partial charge on any atom is 0.261 e. The Morgan fingerprint density at radius 3 is 2.70 bits per heavy atom. The van der Waals surface area contributed by atoms with E-state index in [1.165, 1.54) is 6.92 Å². The predicted molar refractivity (Wildman–Crippen MR) is 129 cm³/mol. The Labute approximate surface area is 193 Å². The Balaban J connectivity index is 1.52. The maximum atomic E-state index is 13.2. The third-order valence-electron chi connectivity index (χ3n) is 5.56. The predicted octanol–water partition coefficient (Wildman–Crippen LogP) is 4.11. The van der Waals surface area contributed by atoms with E-state index in [1.807, 2.05) is 55.1 Å². The zero-order chi connectivity index (χ0) is 23.5. The van der Waals surface area contributed by atoms with Gasteiger partial charge in [0.25, 0.3) is 5.91 Å². The second kappa shape index (κ2) is 9.28. The molecule has 1 N–H and O–H groups in total. The average Bonchev–Trinajstić information content (AvgIpc) is 2.88. The monoisotopic (exact) mass is 445 g/mol. The van der Waals surface area contributed by atoms with E-state index in [-0.39, 0.29) is 11.8 Å². The quantitative estimate of drug-likeness (QED) is 0.614. The van der Waals surface area contributed by atoms with Crippen molar-refractivity contribution in [1.82, 2.24) is 9.97 Å². The minimum atomic E-state index is -0.116. The fraction of sp³-hybridized carbons (Fsp3) is 0.280. The largest absolute Gasteiger partial charge is 0.493 e. The fourth-order valence-electron chi connectivity index (χ4n) is 3.93. The van der Waals surface area contributed by atoms with Gasteiger partial charge in [0.15, 0.2) is 5.82 Å². The second-order valence-electron chi connectivity index (χ2n) is 7.93. The summed E-state index contributed by atoms with van der Waals surface area (Å²) >= 11 is 0. The average molecular weight is 446 g/mol. The number of aryl methyl sites for hydroxylation is 1. The highest BCUT2D eigenvalue weighted by Crippen LogP contribution is 2.37. The number of hydrogen-bond donors (Lipinski definition) is 1. The molecule has 0 aliphatic carbocycles. The SMILES string of the molecule is CCN1c2ncc(CCOc3ccc(NC(C)=O)cc3C)cc2C(=O)N(C)c2cccnc21. The molecule has 0 radical (unpaired) electrons. The second-order valence-corrected chi connectivity index (χ2v) is 7.93. The van der Waals surface area contributed by atoms with E-state index in [2.05, 4.69) is 15.3 Å². The first-order valence-electron chi connectivity index (χ1n) is 10.9. The van der Waals surface area contributed by atoms with Gasteiger partial charge in [-0.25, -0.2) is 9.97 Å². The van der Waals surface area contributed by atoms with Crippen LogP contribution in [0, 0.1) is 6.92 Å². The van der Waals surface area contributed by atoms with Crippen molar-refractivity contribution in [2.45, 2.75) is 27.2 Å². The number of nitrogens with zero attached hydrogens (tertiary/aromatic N) is 4. The highest BCUT2D eigenvalue weighted by Gasteiger charge is 2.30. The van der Waals surface area contributed by atoms with Crippen LogP contribution in [0.1, 0.15) is 35.3 Å². The molecule has 3 aromatic rings. The molecule has 3 heterocycles. The summed E-state index contributed by atoms with van der Waals surface area (Å²) in [7, 11) is 1.76. The van der Waals surface area contributed by atoms with Gasteiger partial charge < -0.3 is 19.9 Å². The minimum Gasteiger partial charge on any atom is -0.493 e. The summed E-state index contributed by atoms with van der Waals surface area (Å²) in [4.78, 5) is 37.2. The van der Waals surface area contributed by atoms with Crippen molar-refractivity contribution in [1.29, 1.82) is 0 Å². The van der Waals surface area contributed by atoms with E-state index in [0.717, 1.165) is 34.1 Å². The van der Waals surface area contributed by atoms with E-state index in [0.29, 0.717) is 31.0 Å². The lowest BCUT2D eigenvalue weighted by Crippen LogP contribution is -2.25. The Bertz CT molecular complexity index is 1210. The standard InChI is InChI=1S/C25H27N5O3/c1-5-30-23-20(25(32)29(4)21-7-6-11-26-24(21)30)14-18(15-27-23)10-12-33-22-9-8-19(13-16(22)2)28-17(3)31/h6-9,11,13-15H,5,10,12H2,1-4H3,(H,28,31). The summed E-state index contributed by atoms with van der Waals surface area (Å²) < 4.78 is 5.95. The molecule has 170 valence electrons. The van der Waals surface area contributed by atoms with Crippen molar-refractivity contribution in [3.8, 4) is 5.75 Å². The molecule has 0 saturated carbocycles. The Hall–Kier alpha value is -3.94. The zero-order valence-electron chi connectivity index (χ0n) is 19.3. The van der Waals surface area contributed by atoms with Crippen LogP contribution >= 0.6 is 0 Å². The number of anilines is 4. The van der Waals surface area contributed by atoms with Crippen LogP contribution in [-0.4, -0.2) is 42.0 Å². The Morgan fingerprint density at radius 1 is 1.15 bits per heavy atom. The van der Waals surface area contributed by atoms with E-state index in [4.69, 9.17) is 4.74 Å². The van der Waals surface area contributed by atoms with Crippen LogP contribution in [0.25, 0.3) is 0 Å². The van der Waals surface area contributed by atoms with Crippen LogP contribution < -0.4 is 19.9 Å². The third-order valence-corrected chi connectivity index (χ3v) is 5.56. The third kappa shape index (κ3) is 4.50. The van der Waals surface area contributed by atoms with E-state index in [9.17, 15) is 9.59 Å². The summed E-state index contributed by atoms with van der Waals surface area (Å²) in [5.74, 6) is 1.85. The molecule has 0 unspecified atom stereocenters. The van der Waals surface area contributed by atoms with Gasteiger partial charge in [-0.2, -0.15) is 0 Å². The lowest BCUT2D eigenvalue weighted by Gasteiger charge is -2.22. The van der Waals surface area contributed by atoms with Crippen molar-refractivity contribution in [2.24, 2.45) is 0 Å². The van der Waals surface area contributed by atoms with Gasteiger partial charge in [0.1, 0.15) is 11.6 Å². The normalized spacial score (nSPS) is 12.7. The van der Waals surface area contributed by atoms with Crippen molar-refractivity contribution >= 4 is 34.8 Å². The molecule has 0 bridgehead atoms. The maximum absolute atomic E-state index is 13.2. The molecular formula is C25H27N5O3. The van der Waals surface area contributed by atoms with Crippen LogP contribution in [0.3, 0.4) is 0 Å². The van der Waals surface area contributed by atoms with Gasteiger partial charge >= 0.3 is 0 Å². The van der Waals surface area contributed by atoms with Crippen LogP contribution in [0.15, 0.2) is 48.8 Å². The molecular weight excluding hydrogens is 418 g/mol.